The number of benzene rings is 1. The molecule has 1 unspecified atom stereocenters. The Morgan fingerprint density at radius 1 is 1.27 bits per heavy atom. The average molecular weight is 482 g/mol. The zero-order chi connectivity index (χ0) is 23.6. The number of sulfonamides is 1. The van der Waals surface area contributed by atoms with Crippen molar-refractivity contribution in [2.45, 2.75) is 69.1 Å². The number of nitrogens with zero attached hydrogens (tertiary/aromatic N) is 1. The van der Waals surface area contributed by atoms with Gasteiger partial charge in [0.05, 0.1) is 17.4 Å². The summed E-state index contributed by atoms with van der Waals surface area (Å²) in [5, 5.41) is 1.48. The van der Waals surface area contributed by atoms with Crippen molar-refractivity contribution in [1.29, 1.82) is 0 Å². The number of hydrogen-bond donors (Lipinski definition) is 2. The SMILES string of the molecule is CCC(CCN1CC(=O)NC1=O)S(=O)(=O)NC1(c2ccc(F)c(OCC3CCCC3)c2)CC1. The van der Waals surface area contributed by atoms with Crippen LogP contribution in [0.1, 0.15) is 63.9 Å². The van der Waals surface area contributed by atoms with E-state index in [0.717, 1.165) is 12.8 Å². The largest absolute Gasteiger partial charge is 0.490 e. The van der Waals surface area contributed by atoms with Gasteiger partial charge in [-0.25, -0.2) is 22.3 Å². The second-order valence-corrected chi connectivity index (χ2v) is 11.4. The van der Waals surface area contributed by atoms with Gasteiger partial charge in [0, 0.05) is 6.54 Å². The molecule has 1 aromatic rings. The molecule has 0 aromatic heterocycles. The number of ether oxygens (including phenoxy) is 1. The van der Waals surface area contributed by atoms with Crippen molar-refractivity contribution in [1.82, 2.24) is 14.9 Å². The highest BCUT2D eigenvalue weighted by Crippen LogP contribution is 2.47. The number of imide groups is 1. The lowest BCUT2D eigenvalue weighted by Gasteiger charge is -2.24. The van der Waals surface area contributed by atoms with Crippen LogP contribution in [0.2, 0.25) is 0 Å². The van der Waals surface area contributed by atoms with Gasteiger partial charge in [0.25, 0.3) is 0 Å². The van der Waals surface area contributed by atoms with Gasteiger partial charge in [-0.15, -0.1) is 0 Å². The van der Waals surface area contributed by atoms with Crippen molar-refractivity contribution in [3.63, 3.8) is 0 Å². The Kier molecular flexibility index (Phi) is 6.95. The van der Waals surface area contributed by atoms with Crippen molar-refractivity contribution in [2.24, 2.45) is 5.92 Å². The normalized spacial score (nSPS) is 21.3. The molecule has 0 spiro atoms. The van der Waals surface area contributed by atoms with E-state index in [9.17, 15) is 22.4 Å². The third kappa shape index (κ3) is 5.48. The molecule has 0 bridgehead atoms. The summed E-state index contributed by atoms with van der Waals surface area (Å²) in [6.07, 6.45) is 6.39. The second-order valence-electron chi connectivity index (χ2n) is 9.43. The van der Waals surface area contributed by atoms with E-state index in [0.29, 0.717) is 37.4 Å². The Balaban J connectivity index is 1.42. The number of nitrogens with one attached hydrogen (secondary N) is 2. The topological polar surface area (TPSA) is 105 Å². The average Bonchev–Trinajstić information content (AvgIpc) is 3.19. The molecule has 33 heavy (non-hydrogen) atoms. The number of halogens is 1. The molecule has 3 amide bonds. The maximum atomic E-state index is 14.4. The Morgan fingerprint density at radius 2 is 2.00 bits per heavy atom. The van der Waals surface area contributed by atoms with Gasteiger partial charge in [0.2, 0.25) is 15.9 Å². The summed E-state index contributed by atoms with van der Waals surface area (Å²) in [6, 6.07) is 4.10. The third-order valence-corrected chi connectivity index (χ3v) is 9.13. The van der Waals surface area contributed by atoms with Crippen molar-refractivity contribution in [3.8, 4) is 5.75 Å². The summed E-state index contributed by atoms with van der Waals surface area (Å²) in [4.78, 5) is 24.4. The fourth-order valence-corrected chi connectivity index (χ4v) is 6.66. The van der Waals surface area contributed by atoms with Crippen LogP contribution in [0.3, 0.4) is 0 Å². The van der Waals surface area contributed by atoms with E-state index < -0.39 is 32.7 Å². The minimum atomic E-state index is -3.71. The predicted octanol–water partition coefficient (Wildman–Crippen LogP) is 3.02. The molecule has 1 heterocycles. The Bertz CT molecular complexity index is 1010. The zero-order valence-corrected chi connectivity index (χ0v) is 19.8. The maximum absolute atomic E-state index is 14.4. The summed E-state index contributed by atoms with van der Waals surface area (Å²) in [5.41, 5.74) is -0.0554. The molecule has 1 aliphatic heterocycles. The summed E-state index contributed by atoms with van der Waals surface area (Å²) in [5.74, 6) is -0.213. The molecule has 2 N–H and O–H groups in total. The molecule has 2 aliphatic carbocycles. The molecule has 4 rings (SSSR count). The van der Waals surface area contributed by atoms with Crippen LogP contribution in [0.5, 0.6) is 5.75 Å². The molecule has 1 saturated heterocycles. The minimum Gasteiger partial charge on any atom is -0.490 e. The van der Waals surface area contributed by atoms with Gasteiger partial charge < -0.3 is 9.64 Å². The van der Waals surface area contributed by atoms with E-state index >= 15 is 0 Å². The van der Waals surface area contributed by atoms with Gasteiger partial charge >= 0.3 is 6.03 Å². The first kappa shape index (κ1) is 23.9. The van der Waals surface area contributed by atoms with E-state index in [2.05, 4.69) is 10.0 Å². The highest BCUT2D eigenvalue weighted by molar-refractivity contribution is 7.90. The first-order chi connectivity index (χ1) is 15.7. The van der Waals surface area contributed by atoms with Crippen LogP contribution in [0.4, 0.5) is 9.18 Å². The van der Waals surface area contributed by atoms with Gasteiger partial charge in [0.1, 0.15) is 6.54 Å². The van der Waals surface area contributed by atoms with E-state index in [1.54, 1.807) is 19.1 Å². The fourth-order valence-electron chi connectivity index (χ4n) is 4.77. The molecule has 3 aliphatic rings. The highest BCUT2D eigenvalue weighted by Gasteiger charge is 2.49. The number of urea groups is 1. The summed E-state index contributed by atoms with van der Waals surface area (Å²) in [6.45, 7) is 2.39. The molecule has 8 nitrogen and oxygen atoms in total. The molecule has 1 aromatic carbocycles. The van der Waals surface area contributed by atoms with Crippen LogP contribution >= 0.6 is 0 Å². The van der Waals surface area contributed by atoms with Gasteiger partial charge in [0.15, 0.2) is 11.6 Å². The quantitative estimate of drug-likeness (QED) is 0.473. The first-order valence-corrected chi connectivity index (χ1v) is 13.3. The summed E-state index contributed by atoms with van der Waals surface area (Å²) >= 11 is 0. The number of carbonyl (C=O) groups is 2. The lowest BCUT2D eigenvalue weighted by Crippen LogP contribution is -2.42. The van der Waals surface area contributed by atoms with E-state index in [4.69, 9.17) is 4.74 Å². The number of hydrogen-bond acceptors (Lipinski definition) is 5. The number of carbonyl (C=O) groups excluding carboxylic acids is 2. The number of amides is 3. The van der Waals surface area contributed by atoms with Crippen molar-refractivity contribution < 1.29 is 27.1 Å². The third-order valence-electron chi connectivity index (χ3n) is 7.00. The van der Waals surface area contributed by atoms with Crippen molar-refractivity contribution >= 4 is 22.0 Å². The lowest BCUT2D eigenvalue weighted by atomic mass is 10.1. The maximum Gasteiger partial charge on any atom is 0.324 e. The molecule has 1 atom stereocenters. The van der Waals surface area contributed by atoms with E-state index in [-0.39, 0.29) is 31.2 Å². The van der Waals surface area contributed by atoms with Crippen LogP contribution in [-0.4, -0.2) is 50.2 Å². The van der Waals surface area contributed by atoms with Gasteiger partial charge in [-0.1, -0.05) is 25.8 Å². The standard InChI is InChI=1S/C23H32FN3O5S/c1-2-18(9-12-27-14-21(28)25-22(27)29)33(30,31)26-23(10-11-23)17-7-8-19(24)20(13-17)32-15-16-5-3-4-6-16/h7-8,13,16,18,26H,2-6,9-12,14-15H2,1H3,(H,25,28,29). The first-order valence-electron chi connectivity index (χ1n) is 11.8. The summed E-state index contributed by atoms with van der Waals surface area (Å²) < 4.78 is 49.4. The monoisotopic (exact) mass is 481 g/mol. The van der Waals surface area contributed by atoms with Crippen LogP contribution < -0.4 is 14.8 Å². The van der Waals surface area contributed by atoms with E-state index in [1.807, 2.05) is 0 Å². The molecular weight excluding hydrogens is 449 g/mol. The lowest BCUT2D eigenvalue weighted by molar-refractivity contribution is -0.118. The minimum absolute atomic E-state index is 0.0497. The summed E-state index contributed by atoms with van der Waals surface area (Å²) in [7, 11) is -3.71. The van der Waals surface area contributed by atoms with Crippen LogP contribution in [0, 0.1) is 11.7 Å². The fraction of sp³-hybridized carbons (Fsp3) is 0.652. The molecular formula is C23H32FN3O5S. The molecule has 0 radical (unpaired) electrons. The highest BCUT2D eigenvalue weighted by atomic mass is 32.2. The van der Waals surface area contributed by atoms with Gasteiger partial charge in [-0.3, -0.25) is 10.1 Å². The van der Waals surface area contributed by atoms with Crippen LogP contribution in [-0.2, 0) is 20.4 Å². The van der Waals surface area contributed by atoms with Gasteiger partial charge in [-0.05, 0) is 62.1 Å². The molecule has 2 saturated carbocycles. The molecule has 10 heteroatoms. The zero-order valence-electron chi connectivity index (χ0n) is 18.9. The second kappa shape index (κ2) is 9.58. The molecule has 3 fully saturated rings. The van der Waals surface area contributed by atoms with Crippen molar-refractivity contribution in [2.75, 3.05) is 19.7 Å². The van der Waals surface area contributed by atoms with Crippen LogP contribution in [0.15, 0.2) is 18.2 Å². The van der Waals surface area contributed by atoms with E-state index in [1.165, 1.54) is 23.8 Å². The van der Waals surface area contributed by atoms with Crippen LogP contribution in [0.25, 0.3) is 0 Å². The number of rotatable bonds is 11. The smallest absolute Gasteiger partial charge is 0.324 e. The van der Waals surface area contributed by atoms with Gasteiger partial charge in [-0.2, -0.15) is 0 Å². The predicted molar refractivity (Wildman–Crippen MR) is 121 cm³/mol. The Morgan fingerprint density at radius 3 is 2.61 bits per heavy atom. The molecule has 182 valence electrons. The van der Waals surface area contributed by atoms with Crippen molar-refractivity contribution in [3.05, 3.63) is 29.6 Å². The Hall–Kier alpha value is -2.20. The Labute approximate surface area is 194 Å².